The van der Waals surface area contributed by atoms with E-state index in [4.69, 9.17) is 9.15 Å². The molecule has 168 valence electrons. The van der Waals surface area contributed by atoms with Crippen LogP contribution < -0.4 is 9.64 Å². The minimum Gasteiger partial charge on any atom is -0.507 e. The second kappa shape index (κ2) is 8.62. The summed E-state index contributed by atoms with van der Waals surface area (Å²) in [5, 5.41) is 22.2. The molecule has 1 N–H and O–H groups in total. The third-order valence-corrected chi connectivity index (χ3v) is 5.21. The number of hydrogen-bond acceptors (Lipinski definition) is 7. The van der Waals surface area contributed by atoms with Gasteiger partial charge in [-0.1, -0.05) is 18.2 Å². The second-order valence-electron chi connectivity index (χ2n) is 7.36. The smallest absolute Gasteiger partial charge is 0.300 e. The highest BCUT2D eigenvalue weighted by Crippen LogP contribution is 2.43. The molecule has 4 rings (SSSR count). The summed E-state index contributed by atoms with van der Waals surface area (Å²) in [6, 6.07) is 14.1. The van der Waals surface area contributed by atoms with Gasteiger partial charge in [0.1, 0.15) is 29.1 Å². The molecule has 1 unspecified atom stereocenters. The van der Waals surface area contributed by atoms with Crippen LogP contribution in [0, 0.1) is 17.0 Å². The third kappa shape index (κ3) is 3.96. The zero-order chi connectivity index (χ0) is 23.7. The van der Waals surface area contributed by atoms with Crippen LogP contribution in [0.4, 0.5) is 11.4 Å². The first-order valence-electron chi connectivity index (χ1n) is 10.2. The fourth-order valence-electron chi connectivity index (χ4n) is 3.78. The Bertz CT molecular complexity index is 1290. The van der Waals surface area contributed by atoms with E-state index in [-0.39, 0.29) is 22.6 Å². The Morgan fingerprint density at radius 3 is 2.58 bits per heavy atom. The summed E-state index contributed by atoms with van der Waals surface area (Å²) in [5.41, 5.74) is -0.0708. The lowest BCUT2D eigenvalue weighted by Crippen LogP contribution is -2.29. The van der Waals surface area contributed by atoms with Crippen molar-refractivity contribution >= 4 is 28.8 Å². The maximum atomic E-state index is 13.1. The van der Waals surface area contributed by atoms with Crippen molar-refractivity contribution in [1.82, 2.24) is 0 Å². The van der Waals surface area contributed by atoms with Gasteiger partial charge in [-0.2, -0.15) is 0 Å². The molecular weight excluding hydrogens is 428 g/mol. The van der Waals surface area contributed by atoms with Gasteiger partial charge in [0.15, 0.2) is 0 Å². The molecule has 0 spiro atoms. The number of furan rings is 1. The first kappa shape index (κ1) is 21.8. The molecule has 9 nitrogen and oxygen atoms in total. The number of aliphatic hydroxyl groups excluding tert-OH is 1. The maximum absolute atomic E-state index is 13.1. The van der Waals surface area contributed by atoms with Crippen LogP contribution in [0.3, 0.4) is 0 Å². The molecule has 0 bridgehead atoms. The fraction of sp³-hybridized carbons (Fsp3) is 0.167. The van der Waals surface area contributed by atoms with Crippen LogP contribution in [-0.4, -0.2) is 28.3 Å². The van der Waals surface area contributed by atoms with Gasteiger partial charge in [0, 0.05) is 29.4 Å². The summed E-state index contributed by atoms with van der Waals surface area (Å²) >= 11 is 0. The number of ketones is 1. The molecular formula is C24H20N2O7. The molecule has 0 aliphatic carbocycles. The van der Waals surface area contributed by atoms with Crippen molar-refractivity contribution in [3.05, 3.63) is 93.4 Å². The molecule has 1 atom stereocenters. The lowest BCUT2D eigenvalue weighted by atomic mass is 9.99. The molecule has 1 amide bonds. The van der Waals surface area contributed by atoms with Gasteiger partial charge in [-0.05, 0) is 38.1 Å². The van der Waals surface area contributed by atoms with Crippen molar-refractivity contribution < 1.29 is 28.8 Å². The average Bonchev–Trinajstić information content (AvgIpc) is 3.34. The maximum Gasteiger partial charge on any atom is 0.300 e. The number of aryl methyl sites for hydroxylation is 1. The molecule has 1 saturated heterocycles. The Hall–Kier alpha value is -4.40. The Balaban J connectivity index is 1.91. The number of rotatable bonds is 6. The van der Waals surface area contributed by atoms with Crippen LogP contribution in [0.25, 0.3) is 5.76 Å². The normalized spacial score (nSPS) is 17.4. The van der Waals surface area contributed by atoms with Gasteiger partial charge in [0.05, 0.1) is 17.1 Å². The molecule has 1 aromatic heterocycles. The number of Topliss-reactive ketones (excluding diaryl/α,β-unsaturated/α-hetero) is 1. The zero-order valence-electron chi connectivity index (χ0n) is 17.8. The number of benzene rings is 2. The number of nitro benzene ring substituents is 1. The van der Waals surface area contributed by atoms with Crippen molar-refractivity contribution in [1.29, 1.82) is 0 Å². The lowest BCUT2D eigenvalue weighted by Gasteiger charge is -2.23. The van der Waals surface area contributed by atoms with Crippen LogP contribution in [0.5, 0.6) is 5.75 Å². The van der Waals surface area contributed by atoms with Gasteiger partial charge in [0.25, 0.3) is 17.4 Å². The van der Waals surface area contributed by atoms with Crippen LogP contribution in [0.1, 0.15) is 30.0 Å². The van der Waals surface area contributed by atoms with Crippen molar-refractivity contribution in [2.24, 2.45) is 0 Å². The summed E-state index contributed by atoms with van der Waals surface area (Å²) < 4.78 is 11.3. The zero-order valence-corrected chi connectivity index (χ0v) is 17.8. The van der Waals surface area contributed by atoms with Crippen LogP contribution in [0.15, 0.2) is 70.7 Å². The van der Waals surface area contributed by atoms with Gasteiger partial charge in [-0.3, -0.25) is 24.6 Å². The molecule has 2 heterocycles. The largest absolute Gasteiger partial charge is 0.507 e. The number of aliphatic hydroxyl groups is 1. The lowest BCUT2D eigenvalue weighted by molar-refractivity contribution is -0.384. The van der Waals surface area contributed by atoms with E-state index < -0.39 is 28.4 Å². The van der Waals surface area contributed by atoms with Gasteiger partial charge >= 0.3 is 0 Å². The SMILES string of the molecule is CCOc1cccc(N2C(=O)C(=O)/C(=C(\O)c3cccc([N+](=O)[O-])c3)C2c2ccc(C)o2)c1. The molecule has 1 aliphatic rings. The van der Waals surface area contributed by atoms with Crippen LogP contribution >= 0.6 is 0 Å². The monoisotopic (exact) mass is 448 g/mol. The van der Waals surface area contributed by atoms with Crippen molar-refractivity contribution in [3.63, 3.8) is 0 Å². The van der Waals surface area contributed by atoms with E-state index in [0.717, 1.165) is 6.07 Å². The predicted molar refractivity (Wildman–Crippen MR) is 119 cm³/mol. The first-order valence-corrected chi connectivity index (χ1v) is 10.2. The van der Waals surface area contributed by atoms with Gasteiger partial charge in [-0.25, -0.2) is 0 Å². The number of ether oxygens (including phenoxy) is 1. The Morgan fingerprint density at radius 1 is 1.15 bits per heavy atom. The number of carbonyl (C=O) groups excluding carboxylic acids is 2. The highest BCUT2D eigenvalue weighted by Gasteiger charge is 2.48. The predicted octanol–water partition coefficient (Wildman–Crippen LogP) is 4.52. The van der Waals surface area contributed by atoms with E-state index in [1.807, 2.05) is 6.92 Å². The molecule has 0 saturated carbocycles. The number of hydrogen-bond donors (Lipinski definition) is 1. The van der Waals surface area contributed by atoms with Gasteiger partial charge in [0.2, 0.25) is 0 Å². The molecule has 2 aromatic carbocycles. The second-order valence-corrected chi connectivity index (χ2v) is 7.36. The van der Waals surface area contributed by atoms with E-state index in [0.29, 0.717) is 23.8 Å². The molecule has 0 radical (unpaired) electrons. The molecule has 1 aliphatic heterocycles. The fourth-order valence-corrected chi connectivity index (χ4v) is 3.78. The highest BCUT2D eigenvalue weighted by atomic mass is 16.6. The molecule has 3 aromatic rings. The topological polar surface area (TPSA) is 123 Å². The minimum atomic E-state index is -1.07. The number of carbonyl (C=O) groups is 2. The Labute approximate surface area is 188 Å². The first-order chi connectivity index (χ1) is 15.8. The number of nitrogens with zero attached hydrogens (tertiary/aromatic N) is 2. The van der Waals surface area contributed by atoms with E-state index in [9.17, 15) is 24.8 Å². The van der Waals surface area contributed by atoms with E-state index in [2.05, 4.69) is 0 Å². The standard InChI is InChI=1S/C24H20N2O7/c1-3-32-18-9-5-7-16(13-18)25-21(19-11-10-14(2)33-19)20(23(28)24(25)29)22(27)15-6-4-8-17(12-15)26(30)31/h4-13,21,27H,3H2,1-2H3/b22-20-. The van der Waals surface area contributed by atoms with Crippen molar-refractivity contribution in [3.8, 4) is 5.75 Å². The average molecular weight is 448 g/mol. The minimum absolute atomic E-state index is 0.0403. The highest BCUT2D eigenvalue weighted by molar-refractivity contribution is 6.51. The summed E-state index contributed by atoms with van der Waals surface area (Å²) in [4.78, 5) is 38.0. The van der Waals surface area contributed by atoms with Crippen LogP contribution in [0.2, 0.25) is 0 Å². The quantitative estimate of drug-likeness (QED) is 0.193. The molecule has 33 heavy (non-hydrogen) atoms. The van der Waals surface area contributed by atoms with Crippen molar-refractivity contribution in [2.45, 2.75) is 19.9 Å². The Morgan fingerprint density at radius 2 is 1.91 bits per heavy atom. The third-order valence-electron chi connectivity index (χ3n) is 5.21. The van der Waals surface area contributed by atoms with Gasteiger partial charge in [-0.15, -0.1) is 0 Å². The number of anilines is 1. The summed E-state index contributed by atoms with van der Waals surface area (Å²) in [6.45, 7) is 3.95. The van der Waals surface area contributed by atoms with E-state index >= 15 is 0 Å². The van der Waals surface area contributed by atoms with Crippen LogP contribution in [-0.2, 0) is 9.59 Å². The number of non-ortho nitro benzene ring substituents is 1. The number of nitro groups is 1. The Kier molecular flexibility index (Phi) is 5.70. The van der Waals surface area contributed by atoms with Crippen molar-refractivity contribution in [2.75, 3.05) is 11.5 Å². The summed E-state index contributed by atoms with van der Waals surface area (Å²) in [7, 11) is 0. The number of amides is 1. The van der Waals surface area contributed by atoms with Gasteiger partial charge < -0.3 is 14.3 Å². The van der Waals surface area contributed by atoms with E-state index in [1.54, 1.807) is 43.3 Å². The summed E-state index contributed by atoms with van der Waals surface area (Å²) in [5.74, 6) is -1.01. The summed E-state index contributed by atoms with van der Waals surface area (Å²) in [6.07, 6.45) is 0. The molecule has 9 heteroatoms. The molecule has 1 fully saturated rings. The van der Waals surface area contributed by atoms with E-state index in [1.165, 1.54) is 23.1 Å².